The molecule has 0 bridgehead atoms. The number of aromatic nitrogens is 1. The SMILES string of the molecule is COc1cc(CN2CC(=O)OC(=O)C2)ccn1. The second-order valence-corrected chi connectivity index (χ2v) is 3.70. The summed E-state index contributed by atoms with van der Waals surface area (Å²) in [5.74, 6) is -0.516. The normalized spacial score (nSPS) is 16.8. The van der Waals surface area contributed by atoms with Gasteiger partial charge in [-0.15, -0.1) is 0 Å². The van der Waals surface area contributed by atoms with Crippen LogP contribution in [0.25, 0.3) is 0 Å². The standard InChI is InChI=1S/C11H12N2O4/c1-16-9-4-8(2-3-12-9)5-13-6-10(14)17-11(15)7-13/h2-4H,5-7H2,1H3. The van der Waals surface area contributed by atoms with Crippen molar-refractivity contribution in [2.45, 2.75) is 6.54 Å². The third-order valence-electron chi connectivity index (χ3n) is 2.35. The molecule has 0 spiro atoms. The van der Waals surface area contributed by atoms with E-state index in [1.807, 2.05) is 6.07 Å². The van der Waals surface area contributed by atoms with Gasteiger partial charge in [-0.05, 0) is 11.6 Å². The van der Waals surface area contributed by atoms with Crippen molar-refractivity contribution in [3.63, 3.8) is 0 Å². The van der Waals surface area contributed by atoms with Crippen molar-refractivity contribution in [3.05, 3.63) is 23.9 Å². The minimum atomic E-state index is -0.512. The van der Waals surface area contributed by atoms with E-state index < -0.39 is 11.9 Å². The lowest BCUT2D eigenvalue weighted by atomic mass is 10.2. The molecule has 90 valence electrons. The van der Waals surface area contributed by atoms with Crippen LogP contribution in [0.15, 0.2) is 18.3 Å². The molecule has 0 unspecified atom stereocenters. The van der Waals surface area contributed by atoms with Gasteiger partial charge in [-0.25, -0.2) is 4.98 Å². The van der Waals surface area contributed by atoms with E-state index in [1.165, 1.54) is 7.11 Å². The molecule has 6 heteroatoms. The number of methoxy groups -OCH3 is 1. The van der Waals surface area contributed by atoms with E-state index in [0.717, 1.165) is 5.56 Å². The van der Waals surface area contributed by atoms with Crippen molar-refractivity contribution in [1.29, 1.82) is 0 Å². The number of cyclic esters (lactones) is 2. The average molecular weight is 236 g/mol. The van der Waals surface area contributed by atoms with Crippen LogP contribution in [0.5, 0.6) is 5.88 Å². The summed E-state index contributed by atoms with van der Waals surface area (Å²) in [6.07, 6.45) is 1.62. The van der Waals surface area contributed by atoms with E-state index in [4.69, 9.17) is 4.74 Å². The van der Waals surface area contributed by atoms with Crippen LogP contribution in [0, 0.1) is 0 Å². The minimum absolute atomic E-state index is 0.121. The quantitative estimate of drug-likeness (QED) is 0.542. The number of rotatable bonds is 3. The molecule has 2 heterocycles. The first-order chi connectivity index (χ1) is 8.17. The highest BCUT2D eigenvalue weighted by Gasteiger charge is 2.24. The van der Waals surface area contributed by atoms with Crippen LogP contribution < -0.4 is 4.74 Å². The summed E-state index contributed by atoms with van der Waals surface area (Å²) in [7, 11) is 1.54. The lowest BCUT2D eigenvalue weighted by Crippen LogP contribution is -2.42. The molecular formula is C11H12N2O4. The number of esters is 2. The Balaban J connectivity index is 2.04. The van der Waals surface area contributed by atoms with E-state index in [0.29, 0.717) is 12.4 Å². The van der Waals surface area contributed by atoms with Gasteiger partial charge in [0.15, 0.2) is 0 Å². The summed E-state index contributed by atoms with van der Waals surface area (Å²) in [5.41, 5.74) is 0.930. The molecule has 1 fully saturated rings. The van der Waals surface area contributed by atoms with E-state index in [9.17, 15) is 9.59 Å². The van der Waals surface area contributed by atoms with Gasteiger partial charge in [-0.3, -0.25) is 14.5 Å². The second-order valence-electron chi connectivity index (χ2n) is 3.70. The van der Waals surface area contributed by atoms with Crippen molar-refractivity contribution in [2.75, 3.05) is 20.2 Å². The molecule has 2 rings (SSSR count). The van der Waals surface area contributed by atoms with Gasteiger partial charge in [-0.1, -0.05) is 0 Å². The summed E-state index contributed by atoms with van der Waals surface area (Å²) < 4.78 is 9.44. The summed E-state index contributed by atoms with van der Waals surface area (Å²) in [4.78, 5) is 27.8. The van der Waals surface area contributed by atoms with E-state index in [2.05, 4.69) is 9.72 Å². The van der Waals surface area contributed by atoms with Crippen molar-refractivity contribution < 1.29 is 19.1 Å². The van der Waals surface area contributed by atoms with Crippen LogP contribution in [-0.4, -0.2) is 42.0 Å². The smallest absolute Gasteiger partial charge is 0.327 e. The van der Waals surface area contributed by atoms with Crippen LogP contribution >= 0.6 is 0 Å². The third kappa shape index (κ3) is 3.01. The van der Waals surface area contributed by atoms with Crippen LogP contribution in [-0.2, 0) is 20.9 Å². The Morgan fingerprint density at radius 3 is 2.76 bits per heavy atom. The molecule has 1 saturated heterocycles. The van der Waals surface area contributed by atoms with Gasteiger partial charge in [0.2, 0.25) is 5.88 Å². The Kier molecular flexibility index (Phi) is 3.34. The summed E-state index contributed by atoms with van der Waals surface area (Å²) >= 11 is 0. The number of hydrogen-bond donors (Lipinski definition) is 0. The van der Waals surface area contributed by atoms with Crippen molar-refractivity contribution in [2.24, 2.45) is 0 Å². The molecule has 0 radical (unpaired) electrons. The van der Waals surface area contributed by atoms with Gasteiger partial charge >= 0.3 is 11.9 Å². The highest BCUT2D eigenvalue weighted by atomic mass is 16.6. The fraction of sp³-hybridized carbons (Fsp3) is 0.364. The molecular weight excluding hydrogens is 224 g/mol. The summed E-state index contributed by atoms with van der Waals surface area (Å²) in [6, 6.07) is 3.58. The van der Waals surface area contributed by atoms with Gasteiger partial charge in [0.25, 0.3) is 0 Å². The average Bonchev–Trinajstić information content (AvgIpc) is 2.28. The van der Waals surface area contributed by atoms with Gasteiger partial charge in [0.1, 0.15) is 0 Å². The number of ether oxygens (including phenoxy) is 2. The number of nitrogens with zero attached hydrogens (tertiary/aromatic N) is 2. The summed E-state index contributed by atoms with van der Waals surface area (Å²) in [6.45, 7) is 0.729. The number of morpholine rings is 1. The van der Waals surface area contributed by atoms with E-state index >= 15 is 0 Å². The lowest BCUT2D eigenvalue weighted by Gasteiger charge is -2.23. The van der Waals surface area contributed by atoms with Crippen LogP contribution in [0.2, 0.25) is 0 Å². The Morgan fingerprint density at radius 1 is 1.41 bits per heavy atom. The number of hydrogen-bond acceptors (Lipinski definition) is 6. The first-order valence-corrected chi connectivity index (χ1v) is 5.12. The van der Waals surface area contributed by atoms with Gasteiger partial charge in [0, 0.05) is 18.8 Å². The van der Waals surface area contributed by atoms with Crippen LogP contribution in [0.1, 0.15) is 5.56 Å². The number of carbonyl (C=O) groups excluding carboxylic acids is 2. The lowest BCUT2D eigenvalue weighted by molar-refractivity contribution is -0.167. The Bertz CT molecular complexity index is 431. The molecule has 6 nitrogen and oxygen atoms in total. The first kappa shape index (κ1) is 11.5. The zero-order valence-electron chi connectivity index (χ0n) is 9.38. The maximum absolute atomic E-state index is 11.1. The molecule has 0 saturated carbocycles. The number of pyridine rings is 1. The minimum Gasteiger partial charge on any atom is -0.481 e. The van der Waals surface area contributed by atoms with E-state index in [1.54, 1.807) is 17.2 Å². The Morgan fingerprint density at radius 2 is 2.12 bits per heavy atom. The maximum atomic E-state index is 11.1. The molecule has 1 aliphatic rings. The molecule has 0 amide bonds. The van der Waals surface area contributed by atoms with Gasteiger partial charge in [0.05, 0.1) is 20.2 Å². The Labute approximate surface area is 98.1 Å². The fourth-order valence-corrected chi connectivity index (χ4v) is 1.64. The molecule has 17 heavy (non-hydrogen) atoms. The monoisotopic (exact) mass is 236 g/mol. The third-order valence-corrected chi connectivity index (χ3v) is 2.35. The van der Waals surface area contributed by atoms with Crippen LogP contribution in [0.4, 0.5) is 0 Å². The van der Waals surface area contributed by atoms with E-state index in [-0.39, 0.29) is 13.1 Å². The summed E-state index contributed by atoms with van der Waals surface area (Å²) in [5, 5.41) is 0. The predicted octanol–water partition coefficient (Wildman–Crippen LogP) is -0.0244. The zero-order valence-corrected chi connectivity index (χ0v) is 9.38. The maximum Gasteiger partial charge on any atom is 0.327 e. The second kappa shape index (κ2) is 4.92. The molecule has 1 aromatic rings. The highest BCUT2D eigenvalue weighted by Crippen LogP contribution is 2.12. The molecule has 1 aliphatic heterocycles. The largest absolute Gasteiger partial charge is 0.481 e. The number of carbonyl (C=O) groups is 2. The first-order valence-electron chi connectivity index (χ1n) is 5.12. The molecule has 1 aromatic heterocycles. The molecule has 0 atom stereocenters. The zero-order chi connectivity index (χ0) is 12.3. The predicted molar refractivity (Wildman–Crippen MR) is 57.2 cm³/mol. The molecule has 0 aromatic carbocycles. The highest BCUT2D eigenvalue weighted by molar-refractivity contribution is 5.90. The van der Waals surface area contributed by atoms with Gasteiger partial charge in [-0.2, -0.15) is 0 Å². The Hall–Kier alpha value is -1.95. The van der Waals surface area contributed by atoms with Crippen molar-refractivity contribution >= 4 is 11.9 Å². The molecule has 0 N–H and O–H groups in total. The van der Waals surface area contributed by atoms with Crippen LogP contribution in [0.3, 0.4) is 0 Å². The topological polar surface area (TPSA) is 68.7 Å². The molecule has 0 aliphatic carbocycles. The van der Waals surface area contributed by atoms with Gasteiger partial charge < -0.3 is 9.47 Å². The van der Waals surface area contributed by atoms with Crippen molar-refractivity contribution in [3.8, 4) is 5.88 Å². The van der Waals surface area contributed by atoms with Crippen molar-refractivity contribution in [1.82, 2.24) is 9.88 Å². The fourth-order valence-electron chi connectivity index (χ4n) is 1.64.